The highest BCUT2D eigenvalue weighted by Gasteiger charge is 2.04. The largest absolute Gasteiger partial charge is 1.00 e. The number of carbonyl (C=O) groups excluding carboxylic acids is 1. The van der Waals surface area contributed by atoms with Crippen LogP contribution in [0.5, 0.6) is 0 Å². The first-order valence-electron chi connectivity index (χ1n) is 4.85. The van der Waals surface area contributed by atoms with Crippen LogP contribution < -0.4 is 17.7 Å². The van der Waals surface area contributed by atoms with Gasteiger partial charge in [-0.2, -0.15) is 0 Å². The zero-order chi connectivity index (χ0) is 10.2. The molecule has 4 heteroatoms. The first-order chi connectivity index (χ1) is 6.84. The summed E-state index contributed by atoms with van der Waals surface area (Å²) in [6.07, 6.45) is 0.532. The third-order valence-electron chi connectivity index (χ3n) is 2.00. The molecule has 0 aliphatic carbocycles. The van der Waals surface area contributed by atoms with Crippen molar-refractivity contribution in [2.45, 2.75) is 6.42 Å². The number of halogens is 1. The van der Waals surface area contributed by atoms with Gasteiger partial charge in [0, 0.05) is 5.56 Å². The Kier molecular flexibility index (Phi) is 7.91. The minimum Gasteiger partial charge on any atom is -1.00 e. The lowest BCUT2D eigenvalue weighted by molar-refractivity contribution is -0.654. The van der Waals surface area contributed by atoms with Crippen LogP contribution in [0, 0.1) is 0 Å². The van der Waals surface area contributed by atoms with Crippen LogP contribution in [0.15, 0.2) is 30.3 Å². The highest BCUT2D eigenvalue weighted by atomic mass is 35.5. The molecule has 0 bridgehead atoms. The number of rotatable bonds is 6. The monoisotopic (exact) mass is 229 g/mol. The van der Waals surface area contributed by atoms with Crippen LogP contribution in [-0.2, 0) is 0 Å². The van der Waals surface area contributed by atoms with Gasteiger partial charge in [0.2, 0.25) is 0 Å². The number of aliphatic hydroxyl groups excluding tert-OH is 1. The number of benzene rings is 1. The molecule has 0 unspecified atom stereocenters. The van der Waals surface area contributed by atoms with E-state index in [1.54, 1.807) is 0 Å². The van der Waals surface area contributed by atoms with Gasteiger partial charge >= 0.3 is 0 Å². The Morgan fingerprint density at radius 3 is 2.47 bits per heavy atom. The number of ketones is 1. The molecule has 0 saturated carbocycles. The van der Waals surface area contributed by atoms with Gasteiger partial charge in [0.25, 0.3) is 0 Å². The standard InChI is InChI=1S/C11H15NO2.ClH/c13-9-8-12-7-6-11(14)10-4-2-1-3-5-10;/h1-5,12-13H,6-9H2;1H. The molecule has 0 aromatic heterocycles. The van der Waals surface area contributed by atoms with Gasteiger partial charge in [0.15, 0.2) is 5.78 Å². The maximum Gasteiger partial charge on any atom is 0.168 e. The van der Waals surface area contributed by atoms with Crippen LogP contribution in [0.3, 0.4) is 0 Å². The van der Waals surface area contributed by atoms with Crippen molar-refractivity contribution >= 4 is 5.78 Å². The summed E-state index contributed by atoms with van der Waals surface area (Å²) in [6.45, 7) is 1.58. The molecule has 0 amide bonds. The van der Waals surface area contributed by atoms with E-state index in [4.69, 9.17) is 5.11 Å². The highest BCUT2D eigenvalue weighted by Crippen LogP contribution is 2.01. The average molecular weight is 230 g/mol. The van der Waals surface area contributed by atoms with Gasteiger partial charge in [-0.25, -0.2) is 0 Å². The van der Waals surface area contributed by atoms with E-state index in [1.165, 1.54) is 0 Å². The number of hydrogen-bond acceptors (Lipinski definition) is 2. The zero-order valence-corrected chi connectivity index (χ0v) is 9.28. The summed E-state index contributed by atoms with van der Waals surface area (Å²) in [4.78, 5) is 11.5. The van der Waals surface area contributed by atoms with Crippen LogP contribution in [0.2, 0.25) is 0 Å². The molecule has 3 nitrogen and oxygen atoms in total. The van der Waals surface area contributed by atoms with Crippen molar-refractivity contribution in [2.24, 2.45) is 0 Å². The van der Waals surface area contributed by atoms with E-state index in [9.17, 15) is 4.79 Å². The molecule has 0 radical (unpaired) electrons. The van der Waals surface area contributed by atoms with Crippen molar-refractivity contribution in [1.82, 2.24) is 0 Å². The number of nitrogens with two attached hydrogens (primary N) is 1. The van der Waals surface area contributed by atoms with Crippen molar-refractivity contribution in [1.29, 1.82) is 0 Å². The smallest absolute Gasteiger partial charge is 0.168 e. The summed E-state index contributed by atoms with van der Waals surface area (Å²) < 4.78 is 0. The summed E-state index contributed by atoms with van der Waals surface area (Å²) in [7, 11) is 0. The van der Waals surface area contributed by atoms with Gasteiger partial charge in [-0.1, -0.05) is 30.3 Å². The zero-order valence-electron chi connectivity index (χ0n) is 8.53. The fraction of sp³-hybridized carbons (Fsp3) is 0.364. The first-order valence-corrected chi connectivity index (χ1v) is 4.85. The summed E-state index contributed by atoms with van der Waals surface area (Å²) >= 11 is 0. The normalized spacial score (nSPS) is 9.40. The van der Waals surface area contributed by atoms with Crippen LogP contribution in [0.25, 0.3) is 0 Å². The van der Waals surface area contributed by atoms with Crippen LogP contribution in [0.4, 0.5) is 0 Å². The lowest BCUT2D eigenvalue weighted by Crippen LogP contribution is -3.00. The van der Waals surface area contributed by atoms with E-state index < -0.39 is 0 Å². The number of hydrogen-bond donors (Lipinski definition) is 2. The molecule has 0 atom stereocenters. The molecule has 0 aliphatic heterocycles. The second kappa shape index (κ2) is 8.41. The van der Waals surface area contributed by atoms with Gasteiger partial charge in [-0.05, 0) is 0 Å². The van der Waals surface area contributed by atoms with E-state index in [0.717, 1.165) is 12.1 Å². The first kappa shape index (κ1) is 14.1. The summed E-state index contributed by atoms with van der Waals surface area (Å²) in [5.74, 6) is 0.166. The molecule has 1 rings (SSSR count). The highest BCUT2D eigenvalue weighted by molar-refractivity contribution is 5.95. The maximum atomic E-state index is 11.5. The summed E-state index contributed by atoms with van der Waals surface area (Å²) in [6, 6.07) is 9.28. The van der Waals surface area contributed by atoms with E-state index in [1.807, 2.05) is 35.6 Å². The van der Waals surface area contributed by atoms with Gasteiger partial charge in [0.05, 0.1) is 26.1 Å². The molecular weight excluding hydrogens is 214 g/mol. The van der Waals surface area contributed by atoms with E-state index in [0.29, 0.717) is 13.0 Å². The third-order valence-corrected chi connectivity index (χ3v) is 2.00. The number of Topliss-reactive ketones (excluding diaryl/α,β-unsaturated/α-hetero) is 1. The lowest BCUT2D eigenvalue weighted by Gasteiger charge is -1.99. The Hall–Kier alpha value is -0.900. The lowest BCUT2D eigenvalue weighted by atomic mass is 10.1. The second-order valence-electron chi connectivity index (χ2n) is 3.13. The van der Waals surface area contributed by atoms with Crippen molar-refractivity contribution in [2.75, 3.05) is 19.7 Å². The average Bonchev–Trinajstić information content (AvgIpc) is 2.25. The Labute approximate surface area is 95.9 Å². The van der Waals surface area contributed by atoms with E-state index in [-0.39, 0.29) is 24.8 Å². The van der Waals surface area contributed by atoms with Gasteiger partial charge < -0.3 is 22.8 Å². The van der Waals surface area contributed by atoms with Gasteiger partial charge in [-0.15, -0.1) is 0 Å². The minimum atomic E-state index is 0. The molecule has 0 heterocycles. The molecule has 0 fully saturated rings. The fourth-order valence-electron chi connectivity index (χ4n) is 1.24. The predicted molar refractivity (Wildman–Crippen MR) is 54.1 cm³/mol. The molecule has 0 saturated heterocycles. The fourth-order valence-corrected chi connectivity index (χ4v) is 1.24. The Morgan fingerprint density at radius 1 is 1.20 bits per heavy atom. The van der Waals surface area contributed by atoms with Gasteiger partial charge in [0.1, 0.15) is 0 Å². The maximum absolute atomic E-state index is 11.5. The Morgan fingerprint density at radius 2 is 1.87 bits per heavy atom. The number of quaternary nitrogens is 1. The van der Waals surface area contributed by atoms with Crippen molar-refractivity contribution < 1.29 is 27.6 Å². The number of aliphatic hydroxyl groups is 1. The Balaban J connectivity index is 0.00000196. The van der Waals surface area contributed by atoms with Crippen molar-refractivity contribution in [3.63, 3.8) is 0 Å². The number of carbonyl (C=O) groups is 1. The third kappa shape index (κ3) is 5.52. The van der Waals surface area contributed by atoms with Crippen LogP contribution >= 0.6 is 0 Å². The molecule has 3 N–H and O–H groups in total. The molecule has 0 spiro atoms. The second-order valence-corrected chi connectivity index (χ2v) is 3.13. The topological polar surface area (TPSA) is 53.9 Å². The van der Waals surface area contributed by atoms with Gasteiger partial charge in [-0.3, -0.25) is 4.79 Å². The molecule has 0 aliphatic rings. The van der Waals surface area contributed by atoms with Crippen LogP contribution in [-0.4, -0.2) is 30.6 Å². The minimum absolute atomic E-state index is 0. The summed E-state index contributed by atoms with van der Waals surface area (Å²) in [5, 5.41) is 10.5. The molecule has 84 valence electrons. The molecule has 1 aromatic carbocycles. The molecule has 1 aromatic rings. The SMILES string of the molecule is O=C(CC[NH2+]CCO)c1ccccc1.[Cl-]. The van der Waals surface area contributed by atoms with Crippen molar-refractivity contribution in [3.05, 3.63) is 35.9 Å². The quantitative estimate of drug-likeness (QED) is 0.399. The van der Waals surface area contributed by atoms with E-state index in [2.05, 4.69) is 0 Å². The summed E-state index contributed by atoms with van der Waals surface area (Å²) in [5.41, 5.74) is 0.768. The van der Waals surface area contributed by atoms with Crippen LogP contribution in [0.1, 0.15) is 16.8 Å². The van der Waals surface area contributed by atoms with E-state index >= 15 is 0 Å². The predicted octanol–water partition coefficient (Wildman–Crippen LogP) is -3.18. The molecular formula is C11H16ClNO2. The van der Waals surface area contributed by atoms with Crippen molar-refractivity contribution in [3.8, 4) is 0 Å². The molecule has 15 heavy (non-hydrogen) atoms. The Bertz CT molecular complexity index is 277.